The molecule has 2 rings (SSSR count). The predicted molar refractivity (Wildman–Crippen MR) is 86.4 cm³/mol. The molecule has 22 heavy (non-hydrogen) atoms. The van der Waals surface area contributed by atoms with Crippen LogP contribution in [0.15, 0.2) is 29.2 Å². The van der Waals surface area contributed by atoms with Crippen molar-refractivity contribution in [1.82, 2.24) is 10.6 Å². The predicted octanol–water partition coefficient (Wildman–Crippen LogP) is 2.61. The van der Waals surface area contributed by atoms with Crippen molar-refractivity contribution in [3.8, 4) is 0 Å². The van der Waals surface area contributed by atoms with E-state index in [0.29, 0.717) is 17.5 Å². The Kier molecular flexibility index (Phi) is 5.45. The quantitative estimate of drug-likeness (QED) is 0.874. The Bertz CT molecular complexity index is 603. The number of carbonyl (C=O) groups is 1. The van der Waals surface area contributed by atoms with E-state index in [2.05, 4.69) is 10.6 Å². The van der Waals surface area contributed by atoms with Gasteiger partial charge in [-0.05, 0) is 44.4 Å². The molecule has 0 atom stereocenters. The van der Waals surface area contributed by atoms with Gasteiger partial charge in [0, 0.05) is 12.6 Å². The van der Waals surface area contributed by atoms with Crippen LogP contribution in [0.3, 0.4) is 0 Å². The van der Waals surface area contributed by atoms with Gasteiger partial charge in [0.05, 0.1) is 10.1 Å². The summed E-state index contributed by atoms with van der Waals surface area (Å²) in [6, 6.07) is 6.81. The first-order valence-corrected chi connectivity index (χ1v) is 9.31. The zero-order chi connectivity index (χ0) is 16.2. The standard InChI is InChI=1S/C16H24N2O3S/c1-12(2)22(20,21)15-9-7-13(8-10-15)11-17-16(19)18-14-5-3-4-6-14/h7-10,12,14H,3-6,11H2,1-2H3,(H2,17,18,19). The van der Waals surface area contributed by atoms with Crippen LogP contribution >= 0.6 is 0 Å². The summed E-state index contributed by atoms with van der Waals surface area (Å²) in [4.78, 5) is 12.1. The Hall–Kier alpha value is -1.56. The lowest BCUT2D eigenvalue weighted by Gasteiger charge is -2.13. The first-order valence-electron chi connectivity index (χ1n) is 7.77. The summed E-state index contributed by atoms with van der Waals surface area (Å²) in [6.45, 7) is 3.72. The highest BCUT2D eigenvalue weighted by atomic mass is 32.2. The topological polar surface area (TPSA) is 75.3 Å². The van der Waals surface area contributed by atoms with Crippen molar-refractivity contribution in [3.05, 3.63) is 29.8 Å². The molecule has 1 aromatic rings. The van der Waals surface area contributed by atoms with Crippen LogP contribution in [0.1, 0.15) is 45.1 Å². The monoisotopic (exact) mass is 324 g/mol. The van der Waals surface area contributed by atoms with E-state index < -0.39 is 15.1 Å². The van der Waals surface area contributed by atoms with Gasteiger partial charge in [-0.25, -0.2) is 13.2 Å². The van der Waals surface area contributed by atoms with Crippen LogP contribution in [0.5, 0.6) is 0 Å². The van der Waals surface area contributed by atoms with Crippen LogP contribution in [0.4, 0.5) is 4.79 Å². The molecule has 0 aliphatic heterocycles. The second-order valence-corrected chi connectivity index (χ2v) is 8.55. The molecule has 0 spiro atoms. The molecule has 1 fully saturated rings. The molecule has 1 saturated carbocycles. The molecule has 5 nitrogen and oxygen atoms in total. The number of carbonyl (C=O) groups excluding carboxylic acids is 1. The van der Waals surface area contributed by atoms with Gasteiger partial charge < -0.3 is 10.6 Å². The smallest absolute Gasteiger partial charge is 0.315 e. The molecule has 0 bridgehead atoms. The fourth-order valence-electron chi connectivity index (χ4n) is 2.56. The third-order valence-corrected chi connectivity index (χ3v) is 6.19. The van der Waals surface area contributed by atoms with Gasteiger partial charge in [0.25, 0.3) is 0 Å². The molecular weight excluding hydrogens is 300 g/mol. The first-order chi connectivity index (χ1) is 10.4. The molecule has 0 unspecified atom stereocenters. The van der Waals surface area contributed by atoms with Crippen molar-refractivity contribution in [2.75, 3.05) is 0 Å². The second-order valence-electron chi connectivity index (χ2n) is 6.05. The van der Waals surface area contributed by atoms with Crippen LogP contribution in [0, 0.1) is 0 Å². The number of nitrogens with one attached hydrogen (secondary N) is 2. The number of rotatable bonds is 5. The van der Waals surface area contributed by atoms with E-state index in [1.807, 2.05) is 0 Å². The number of hydrogen-bond donors (Lipinski definition) is 2. The van der Waals surface area contributed by atoms with Crippen molar-refractivity contribution in [1.29, 1.82) is 0 Å². The average molecular weight is 324 g/mol. The molecule has 0 saturated heterocycles. The van der Waals surface area contributed by atoms with Gasteiger partial charge in [-0.15, -0.1) is 0 Å². The first kappa shape index (κ1) is 16.8. The summed E-state index contributed by atoms with van der Waals surface area (Å²) < 4.78 is 24.0. The van der Waals surface area contributed by atoms with Gasteiger partial charge in [0.1, 0.15) is 0 Å². The lowest BCUT2D eigenvalue weighted by Crippen LogP contribution is -2.40. The third kappa shape index (κ3) is 4.22. The Morgan fingerprint density at radius 1 is 1.18 bits per heavy atom. The Balaban J connectivity index is 1.87. The lowest BCUT2D eigenvalue weighted by molar-refractivity contribution is 0.236. The summed E-state index contributed by atoms with van der Waals surface area (Å²) in [5.74, 6) is 0. The van der Waals surface area contributed by atoms with Crippen molar-refractivity contribution in [2.24, 2.45) is 0 Å². The van der Waals surface area contributed by atoms with E-state index >= 15 is 0 Å². The SMILES string of the molecule is CC(C)S(=O)(=O)c1ccc(CNC(=O)NC2CCCC2)cc1. The highest BCUT2D eigenvalue weighted by Crippen LogP contribution is 2.18. The van der Waals surface area contributed by atoms with Gasteiger partial charge in [-0.2, -0.15) is 0 Å². The molecule has 2 amide bonds. The molecular formula is C16H24N2O3S. The third-order valence-electron chi connectivity index (χ3n) is 4.02. The van der Waals surface area contributed by atoms with E-state index in [0.717, 1.165) is 18.4 Å². The largest absolute Gasteiger partial charge is 0.335 e. The van der Waals surface area contributed by atoms with Gasteiger partial charge in [0.2, 0.25) is 0 Å². The summed E-state index contributed by atoms with van der Waals surface area (Å²) >= 11 is 0. The lowest BCUT2D eigenvalue weighted by atomic mass is 10.2. The molecule has 1 aliphatic rings. The van der Waals surface area contributed by atoms with Crippen LogP contribution in [-0.4, -0.2) is 25.7 Å². The van der Waals surface area contributed by atoms with Crippen molar-refractivity contribution in [2.45, 2.75) is 62.3 Å². The van der Waals surface area contributed by atoms with E-state index in [4.69, 9.17) is 0 Å². The number of hydrogen-bond acceptors (Lipinski definition) is 3. The molecule has 0 heterocycles. The van der Waals surface area contributed by atoms with Gasteiger partial charge in [-0.1, -0.05) is 25.0 Å². The van der Waals surface area contributed by atoms with Gasteiger partial charge in [0.15, 0.2) is 9.84 Å². The van der Waals surface area contributed by atoms with Crippen LogP contribution in [0.2, 0.25) is 0 Å². The summed E-state index contributed by atoms with van der Waals surface area (Å²) in [6.07, 6.45) is 4.46. The fourth-order valence-corrected chi connectivity index (χ4v) is 3.62. The number of amides is 2. The number of benzene rings is 1. The second kappa shape index (κ2) is 7.13. The summed E-state index contributed by atoms with van der Waals surface area (Å²) in [7, 11) is -3.24. The Morgan fingerprint density at radius 3 is 2.32 bits per heavy atom. The van der Waals surface area contributed by atoms with Gasteiger partial charge in [-0.3, -0.25) is 0 Å². The molecule has 1 aliphatic carbocycles. The molecule has 0 aromatic heterocycles. The van der Waals surface area contributed by atoms with E-state index in [-0.39, 0.29) is 6.03 Å². The maximum absolute atomic E-state index is 12.0. The molecule has 122 valence electrons. The van der Waals surface area contributed by atoms with Crippen LogP contribution < -0.4 is 10.6 Å². The van der Waals surface area contributed by atoms with Gasteiger partial charge >= 0.3 is 6.03 Å². The van der Waals surface area contributed by atoms with Crippen LogP contribution in [0.25, 0.3) is 0 Å². The van der Waals surface area contributed by atoms with E-state index in [1.165, 1.54) is 12.8 Å². The zero-order valence-corrected chi connectivity index (χ0v) is 13.9. The summed E-state index contributed by atoms with van der Waals surface area (Å²) in [5, 5.41) is 5.32. The molecule has 6 heteroatoms. The number of urea groups is 1. The molecule has 1 aromatic carbocycles. The highest BCUT2D eigenvalue weighted by Gasteiger charge is 2.19. The zero-order valence-electron chi connectivity index (χ0n) is 13.1. The maximum Gasteiger partial charge on any atom is 0.315 e. The van der Waals surface area contributed by atoms with Crippen molar-refractivity contribution < 1.29 is 13.2 Å². The minimum atomic E-state index is -3.24. The Labute approximate surface area is 132 Å². The fraction of sp³-hybridized carbons (Fsp3) is 0.562. The van der Waals surface area contributed by atoms with E-state index in [9.17, 15) is 13.2 Å². The Morgan fingerprint density at radius 2 is 1.77 bits per heavy atom. The molecule has 2 N–H and O–H groups in total. The molecule has 0 radical (unpaired) electrons. The number of sulfone groups is 1. The normalized spacial score (nSPS) is 16.0. The average Bonchev–Trinajstić information content (AvgIpc) is 2.98. The summed E-state index contributed by atoms with van der Waals surface area (Å²) in [5.41, 5.74) is 0.879. The minimum Gasteiger partial charge on any atom is -0.335 e. The van der Waals surface area contributed by atoms with Crippen molar-refractivity contribution >= 4 is 15.9 Å². The minimum absolute atomic E-state index is 0.161. The highest BCUT2D eigenvalue weighted by molar-refractivity contribution is 7.92. The maximum atomic E-state index is 12.0. The van der Waals surface area contributed by atoms with Crippen LogP contribution in [-0.2, 0) is 16.4 Å². The van der Waals surface area contributed by atoms with Crippen molar-refractivity contribution in [3.63, 3.8) is 0 Å². The van der Waals surface area contributed by atoms with E-state index in [1.54, 1.807) is 38.1 Å².